The summed E-state index contributed by atoms with van der Waals surface area (Å²) in [6.07, 6.45) is 2.22. The van der Waals surface area contributed by atoms with Gasteiger partial charge in [-0.3, -0.25) is 9.59 Å². The molecule has 0 bridgehead atoms. The van der Waals surface area contributed by atoms with Crippen LogP contribution >= 0.6 is 0 Å². The van der Waals surface area contributed by atoms with Gasteiger partial charge in [0.25, 0.3) is 5.91 Å². The molecule has 2 rings (SSSR count). The van der Waals surface area contributed by atoms with Crippen molar-refractivity contribution in [1.29, 1.82) is 0 Å². The SMILES string of the molecule is CCCc1ccc([C@@H]([NH2+]CC(=O)NCC(=O)Nc2cccc(C)c2C)C(C)C)cc1. The fourth-order valence-corrected chi connectivity index (χ4v) is 3.55. The maximum atomic E-state index is 12.3. The van der Waals surface area contributed by atoms with Crippen LogP contribution in [0.4, 0.5) is 5.69 Å². The number of hydrogen-bond donors (Lipinski definition) is 3. The number of benzene rings is 2. The number of carbonyl (C=O) groups excluding carboxylic acids is 2. The normalized spacial score (nSPS) is 11.9. The number of amides is 2. The highest BCUT2D eigenvalue weighted by molar-refractivity contribution is 5.95. The molecule has 5 heteroatoms. The highest BCUT2D eigenvalue weighted by Crippen LogP contribution is 2.19. The van der Waals surface area contributed by atoms with Crippen LogP contribution in [-0.4, -0.2) is 24.9 Å². The predicted octanol–water partition coefficient (Wildman–Crippen LogP) is 3.27. The summed E-state index contributed by atoms with van der Waals surface area (Å²) < 4.78 is 0. The van der Waals surface area contributed by atoms with Gasteiger partial charge in [0.15, 0.2) is 6.54 Å². The van der Waals surface area contributed by atoms with Gasteiger partial charge in [0.05, 0.1) is 6.54 Å². The van der Waals surface area contributed by atoms with Crippen molar-refractivity contribution in [2.45, 2.75) is 53.5 Å². The first kappa shape index (κ1) is 23.6. The average Bonchev–Trinajstić information content (AvgIpc) is 2.71. The van der Waals surface area contributed by atoms with Gasteiger partial charge in [-0.2, -0.15) is 0 Å². The van der Waals surface area contributed by atoms with Gasteiger partial charge >= 0.3 is 0 Å². The number of carbonyl (C=O) groups is 2. The molecule has 0 fully saturated rings. The molecule has 0 aliphatic heterocycles. The molecule has 0 saturated heterocycles. The molecule has 2 aromatic rings. The summed E-state index contributed by atoms with van der Waals surface area (Å²) in [5, 5.41) is 7.65. The predicted molar refractivity (Wildman–Crippen MR) is 122 cm³/mol. The van der Waals surface area contributed by atoms with Gasteiger partial charge in [-0.05, 0) is 43.0 Å². The van der Waals surface area contributed by atoms with Crippen LogP contribution in [0.15, 0.2) is 42.5 Å². The minimum Gasteiger partial charge on any atom is -0.342 e. The summed E-state index contributed by atoms with van der Waals surface area (Å²) >= 11 is 0. The molecule has 2 aromatic carbocycles. The van der Waals surface area contributed by atoms with Crippen LogP contribution in [-0.2, 0) is 16.0 Å². The quantitative estimate of drug-likeness (QED) is 0.562. The van der Waals surface area contributed by atoms with Crippen LogP contribution in [0.5, 0.6) is 0 Å². The minimum absolute atomic E-state index is 0.0296. The van der Waals surface area contributed by atoms with Gasteiger partial charge in [-0.25, -0.2) is 0 Å². The number of anilines is 1. The number of aryl methyl sites for hydroxylation is 2. The Morgan fingerprint density at radius 2 is 1.70 bits per heavy atom. The van der Waals surface area contributed by atoms with E-state index in [1.54, 1.807) is 0 Å². The van der Waals surface area contributed by atoms with Crippen molar-refractivity contribution in [3.05, 3.63) is 64.7 Å². The van der Waals surface area contributed by atoms with Crippen LogP contribution in [0.25, 0.3) is 0 Å². The maximum Gasteiger partial charge on any atom is 0.275 e. The van der Waals surface area contributed by atoms with Crippen molar-refractivity contribution in [1.82, 2.24) is 5.32 Å². The molecule has 0 spiro atoms. The Morgan fingerprint density at radius 3 is 2.33 bits per heavy atom. The highest BCUT2D eigenvalue weighted by atomic mass is 16.2. The fraction of sp³-hybridized carbons (Fsp3) is 0.440. The van der Waals surface area contributed by atoms with Crippen LogP contribution in [0.2, 0.25) is 0 Å². The Bertz CT molecular complexity index is 844. The van der Waals surface area contributed by atoms with E-state index >= 15 is 0 Å². The monoisotopic (exact) mass is 410 g/mol. The van der Waals surface area contributed by atoms with Crippen molar-refractivity contribution in [2.24, 2.45) is 5.92 Å². The zero-order valence-corrected chi connectivity index (χ0v) is 18.9. The zero-order chi connectivity index (χ0) is 22.1. The molecular weight excluding hydrogens is 374 g/mol. The van der Waals surface area contributed by atoms with Gasteiger partial charge in [-0.1, -0.05) is 63.6 Å². The molecule has 0 saturated carbocycles. The first-order valence-corrected chi connectivity index (χ1v) is 10.9. The third kappa shape index (κ3) is 6.99. The zero-order valence-electron chi connectivity index (χ0n) is 18.9. The first-order valence-electron chi connectivity index (χ1n) is 10.9. The van der Waals surface area contributed by atoms with Crippen LogP contribution in [0, 0.1) is 19.8 Å². The van der Waals surface area contributed by atoms with E-state index in [2.05, 4.69) is 61.0 Å². The summed E-state index contributed by atoms with van der Waals surface area (Å²) in [6, 6.07) is 14.7. The molecule has 0 aliphatic carbocycles. The third-order valence-electron chi connectivity index (χ3n) is 5.50. The molecular formula is C25H36N3O2+. The van der Waals surface area contributed by atoms with Gasteiger partial charge in [0.2, 0.25) is 5.91 Å². The Kier molecular flexibility index (Phi) is 9.06. The van der Waals surface area contributed by atoms with E-state index < -0.39 is 0 Å². The molecule has 2 amide bonds. The van der Waals surface area contributed by atoms with Crippen molar-refractivity contribution in [2.75, 3.05) is 18.4 Å². The molecule has 162 valence electrons. The lowest BCUT2D eigenvalue weighted by Gasteiger charge is -2.20. The van der Waals surface area contributed by atoms with E-state index in [0.29, 0.717) is 5.92 Å². The summed E-state index contributed by atoms with van der Waals surface area (Å²) in [5.41, 5.74) is 5.51. The van der Waals surface area contributed by atoms with E-state index in [0.717, 1.165) is 29.7 Å². The Hall–Kier alpha value is -2.66. The largest absolute Gasteiger partial charge is 0.342 e. The number of hydrogen-bond acceptors (Lipinski definition) is 2. The average molecular weight is 411 g/mol. The summed E-state index contributed by atoms with van der Waals surface area (Å²) in [5.74, 6) is 0.0331. The molecule has 0 aliphatic rings. The second-order valence-corrected chi connectivity index (χ2v) is 8.27. The second-order valence-electron chi connectivity index (χ2n) is 8.27. The lowest BCUT2D eigenvalue weighted by atomic mass is 9.94. The molecule has 30 heavy (non-hydrogen) atoms. The van der Waals surface area contributed by atoms with E-state index in [-0.39, 0.29) is 30.9 Å². The van der Waals surface area contributed by atoms with Crippen LogP contribution in [0.3, 0.4) is 0 Å². The van der Waals surface area contributed by atoms with E-state index in [4.69, 9.17) is 0 Å². The first-order chi connectivity index (χ1) is 14.3. The Labute approximate surface area is 180 Å². The minimum atomic E-state index is -0.219. The molecule has 0 radical (unpaired) electrons. The molecule has 4 N–H and O–H groups in total. The Morgan fingerprint density at radius 1 is 1.00 bits per heavy atom. The number of nitrogens with two attached hydrogens (primary N) is 1. The molecule has 0 unspecified atom stereocenters. The van der Waals surface area contributed by atoms with Gasteiger partial charge < -0.3 is 16.0 Å². The Balaban J connectivity index is 1.84. The van der Waals surface area contributed by atoms with Crippen molar-refractivity contribution in [3.8, 4) is 0 Å². The summed E-state index contributed by atoms with van der Waals surface area (Å²) in [4.78, 5) is 24.5. The maximum absolute atomic E-state index is 12.3. The third-order valence-corrected chi connectivity index (χ3v) is 5.50. The van der Waals surface area contributed by atoms with Gasteiger partial charge in [-0.15, -0.1) is 0 Å². The summed E-state index contributed by atoms with van der Waals surface area (Å²) in [7, 11) is 0. The summed E-state index contributed by atoms with van der Waals surface area (Å²) in [6.45, 7) is 10.7. The molecule has 0 heterocycles. The van der Waals surface area contributed by atoms with E-state index in [9.17, 15) is 9.59 Å². The highest BCUT2D eigenvalue weighted by Gasteiger charge is 2.20. The molecule has 0 aromatic heterocycles. The smallest absolute Gasteiger partial charge is 0.275 e. The molecule has 5 nitrogen and oxygen atoms in total. The van der Waals surface area contributed by atoms with E-state index in [1.165, 1.54) is 11.1 Å². The number of rotatable bonds is 10. The van der Waals surface area contributed by atoms with E-state index in [1.807, 2.05) is 32.0 Å². The van der Waals surface area contributed by atoms with Crippen LogP contribution in [0.1, 0.15) is 55.5 Å². The van der Waals surface area contributed by atoms with Crippen molar-refractivity contribution in [3.63, 3.8) is 0 Å². The van der Waals surface area contributed by atoms with Crippen LogP contribution < -0.4 is 16.0 Å². The lowest BCUT2D eigenvalue weighted by Crippen LogP contribution is -2.88. The number of nitrogens with one attached hydrogen (secondary N) is 2. The van der Waals surface area contributed by atoms with Crippen molar-refractivity contribution >= 4 is 17.5 Å². The fourth-order valence-electron chi connectivity index (χ4n) is 3.55. The lowest BCUT2D eigenvalue weighted by molar-refractivity contribution is -0.692. The second kappa shape index (κ2) is 11.5. The molecule has 1 atom stereocenters. The van der Waals surface area contributed by atoms with Gasteiger partial charge in [0, 0.05) is 17.2 Å². The van der Waals surface area contributed by atoms with Gasteiger partial charge in [0.1, 0.15) is 6.04 Å². The number of quaternary nitrogens is 1. The van der Waals surface area contributed by atoms with Crippen molar-refractivity contribution < 1.29 is 14.9 Å². The topological polar surface area (TPSA) is 74.8 Å². The standard InChI is InChI=1S/C25H35N3O2/c1-6-8-20-11-13-21(14-12-20)25(17(2)3)27-15-23(29)26-16-24(30)28-22-10-7-9-18(4)19(22)5/h7,9-14,17,25,27H,6,8,15-16H2,1-5H3,(H,26,29)(H,28,30)/p+1/t25-/m0/s1.